The van der Waals surface area contributed by atoms with Gasteiger partial charge in [-0.2, -0.15) is 5.10 Å². The van der Waals surface area contributed by atoms with Crippen molar-refractivity contribution in [3.8, 4) is 5.69 Å². The van der Waals surface area contributed by atoms with E-state index in [2.05, 4.69) is 24.4 Å². The number of hydrogen-bond acceptors (Lipinski definition) is 3. The third kappa shape index (κ3) is 4.15. The largest absolute Gasteiger partial charge is 0.350 e. The fourth-order valence-electron chi connectivity index (χ4n) is 3.68. The van der Waals surface area contributed by atoms with Gasteiger partial charge in [-0.3, -0.25) is 0 Å². The topological polar surface area (TPSA) is 51.9 Å². The summed E-state index contributed by atoms with van der Waals surface area (Å²) in [4.78, 5) is 13.2. The van der Waals surface area contributed by atoms with Crippen molar-refractivity contribution < 1.29 is 0 Å². The second-order valence-electron chi connectivity index (χ2n) is 6.98. The third-order valence-corrected chi connectivity index (χ3v) is 5.00. The van der Waals surface area contributed by atoms with Gasteiger partial charge in [0.15, 0.2) is 0 Å². The molecule has 27 heavy (non-hydrogen) atoms. The highest BCUT2D eigenvalue weighted by Crippen LogP contribution is 2.24. The number of nitrogens with one attached hydrogen (secondary N) is 1. The molecule has 6 heteroatoms. The maximum absolute atomic E-state index is 13.2. The highest BCUT2D eigenvalue weighted by molar-refractivity contribution is 5.85. The highest BCUT2D eigenvalue weighted by Gasteiger charge is 2.24. The van der Waals surface area contributed by atoms with E-state index in [0.717, 1.165) is 43.0 Å². The molecule has 2 aromatic carbocycles. The molecule has 142 valence electrons. The Morgan fingerprint density at radius 2 is 1.81 bits per heavy atom. The molecule has 0 radical (unpaired) electrons. The number of benzene rings is 2. The van der Waals surface area contributed by atoms with Crippen LogP contribution in [-0.2, 0) is 6.54 Å². The Balaban J connectivity index is 0.00000210. The van der Waals surface area contributed by atoms with Crippen LogP contribution in [0.5, 0.6) is 0 Å². The summed E-state index contributed by atoms with van der Waals surface area (Å²) in [5.41, 5.74) is 3.12. The van der Waals surface area contributed by atoms with Crippen molar-refractivity contribution in [1.29, 1.82) is 0 Å². The van der Waals surface area contributed by atoms with Gasteiger partial charge in [0, 0.05) is 5.92 Å². The molecule has 1 fully saturated rings. The molecule has 3 aromatic rings. The first-order valence-electron chi connectivity index (χ1n) is 9.24. The number of rotatable bonds is 4. The minimum atomic E-state index is -0.0637. The van der Waals surface area contributed by atoms with E-state index in [9.17, 15) is 4.79 Å². The molecular weight excluding hydrogens is 360 g/mol. The Hall–Kier alpha value is -2.37. The van der Waals surface area contributed by atoms with Crippen LogP contribution in [0.3, 0.4) is 0 Å². The number of hydrogen-bond donors (Lipinski definition) is 1. The molecule has 4 rings (SSSR count). The summed E-state index contributed by atoms with van der Waals surface area (Å²) < 4.78 is 3.41. The molecular formula is C21H25ClN4O. The number of aromatic nitrogens is 3. The Bertz CT molecular complexity index is 942. The third-order valence-electron chi connectivity index (χ3n) is 5.00. The zero-order chi connectivity index (χ0) is 17.9. The van der Waals surface area contributed by atoms with Gasteiger partial charge in [0.25, 0.3) is 0 Å². The van der Waals surface area contributed by atoms with Crippen LogP contribution in [0, 0.1) is 6.92 Å². The van der Waals surface area contributed by atoms with Crippen molar-refractivity contribution >= 4 is 12.4 Å². The van der Waals surface area contributed by atoms with Gasteiger partial charge in [0.2, 0.25) is 0 Å². The molecule has 2 heterocycles. The maximum atomic E-state index is 13.2. The Labute approximate surface area is 165 Å². The van der Waals surface area contributed by atoms with Crippen LogP contribution in [0.15, 0.2) is 59.4 Å². The second kappa shape index (κ2) is 8.55. The fourth-order valence-corrected chi connectivity index (χ4v) is 3.68. The Morgan fingerprint density at radius 1 is 1.07 bits per heavy atom. The average Bonchev–Trinajstić information content (AvgIpc) is 2.99. The summed E-state index contributed by atoms with van der Waals surface area (Å²) in [5.74, 6) is 1.19. The first-order valence-corrected chi connectivity index (χ1v) is 9.24. The number of piperidine rings is 1. The van der Waals surface area contributed by atoms with Gasteiger partial charge in [-0.05, 0) is 50.6 Å². The average molecular weight is 385 g/mol. The lowest BCUT2D eigenvalue weighted by atomic mass is 9.97. The van der Waals surface area contributed by atoms with Crippen molar-refractivity contribution in [3.63, 3.8) is 0 Å². The minimum Gasteiger partial charge on any atom is -0.317 e. The van der Waals surface area contributed by atoms with Crippen LogP contribution in [0.2, 0.25) is 0 Å². The molecule has 1 aliphatic heterocycles. The van der Waals surface area contributed by atoms with Crippen LogP contribution >= 0.6 is 12.4 Å². The Morgan fingerprint density at radius 3 is 2.52 bits per heavy atom. The lowest BCUT2D eigenvalue weighted by molar-refractivity contribution is 0.438. The van der Waals surface area contributed by atoms with Crippen molar-refractivity contribution in [2.45, 2.75) is 32.2 Å². The molecule has 0 aliphatic carbocycles. The van der Waals surface area contributed by atoms with Crippen molar-refractivity contribution in [2.24, 2.45) is 0 Å². The molecule has 0 amide bonds. The van der Waals surface area contributed by atoms with Crippen LogP contribution < -0.4 is 11.0 Å². The van der Waals surface area contributed by atoms with Crippen LogP contribution in [0.4, 0.5) is 0 Å². The van der Waals surface area contributed by atoms with Crippen LogP contribution in [0.1, 0.15) is 35.7 Å². The number of para-hydroxylation sites is 1. The smallest absolute Gasteiger partial charge is 0.317 e. The summed E-state index contributed by atoms with van der Waals surface area (Å²) >= 11 is 0. The summed E-state index contributed by atoms with van der Waals surface area (Å²) in [6.45, 7) is 4.50. The first kappa shape index (κ1) is 19.4. The van der Waals surface area contributed by atoms with E-state index in [1.807, 2.05) is 42.5 Å². The van der Waals surface area contributed by atoms with Crippen LogP contribution in [0.25, 0.3) is 5.69 Å². The van der Waals surface area contributed by atoms with Crippen molar-refractivity contribution in [1.82, 2.24) is 19.7 Å². The number of halogens is 1. The molecule has 0 spiro atoms. The van der Waals surface area contributed by atoms with Gasteiger partial charge in [-0.15, -0.1) is 12.4 Å². The normalized spacial score (nSPS) is 14.7. The lowest BCUT2D eigenvalue weighted by Crippen LogP contribution is -2.29. The van der Waals surface area contributed by atoms with E-state index in [4.69, 9.17) is 5.10 Å². The summed E-state index contributed by atoms with van der Waals surface area (Å²) in [5, 5.41) is 8.16. The first-order chi connectivity index (χ1) is 12.7. The highest BCUT2D eigenvalue weighted by atomic mass is 35.5. The predicted molar refractivity (Wildman–Crippen MR) is 110 cm³/mol. The number of aryl methyl sites for hydroxylation is 1. The summed E-state index contributed by atoms with van der Waals surface area (Å²) in [6, 6.07) is 18.1. The van der Waals surface area contributed by atoms with Gasteiger partial charge in [0.05, 0.1) is 12.2 Å². The molecule has 0 unspecified atom stereocenters. The van der Waals surface area contributed by atoms with E-state index < -0.39 is 0 Å². The van der Waals surface area contributed by atoms with Gasteiger partial charge in [-0.1, -0.05) is 48.0 Å². The van der Waals surface area contributed by atoms with Crippen LogP contribution in [-0.4, -0.2) is 27.4 Å². The SMILES string of the molecule is Cc1cccc(Cn2nc(C3CCNCC3)n(-c3ccccc3)c2=O)c1.Cl. The van der Waals surface area contributed by atoms with E-state index >= 15 is 0 Å². The maximum Gasteiger partial charge on any atom is 0.350 e. The van der Waals surface area contributed by atoms with E-state index in [1.165, 1.54) is 5.56 Å². The van der Waals surface area contributed by atoms with E-state index in [1.54, 1.807) is 9.25 Å². The monoisotopic (exact) mass is 384 g/mol. The van der Waals surface area contributed by atoms with Gasteiger partial charge >= 0.3 is 5.69 Å². The standard InChI is InChI=1S/C21H24N4O.ClH/c1-16-6-5-7-17(14-16)15-24-21(26)25(19-8-3-2-4-9-19)20(23-24)18-10-12-22-13-11-18;/h2-9,14,18,22H,10-13,15H2,1H3;1H. The number of nitrogens with zero attached hydrogens (tertiary/aromatic N) is 3. The zero-order valence-corrected chi connectivity index (χ0v) is 16.3. The van der Waals surface area contributed by atoms with Crippen molar-refractivity contribution in [3.05, 3.63) is 82.0 Å². The Kier molecular flexibility index (Phi) is 6.14. The minimum absolute atomic E-state index is 0. The molecule has 0 atom stereocenters. The molecule has 1 saturated heterocycles. The summed E-state index contributed by atoms with van der Waals surface area (Å²) in [6.07, 6.45) is 2.02. The molecule has 1 aromatic heterocycles. The zero-order valence-electron chi connectivity index (χ0n) is 15.5. The molecule has 1 N–H and O–H groups in total. The van der Waals surface area contributed by atoms with Gasteiger partial charge in [0.1, 0.15) is 5.82 Å². The quantitative estimate of drug-likeness (QED) is 0.751. The molecule has 5 nitrogen and oxygen atoms in total. The summed E-state index contributed by atoms with van der Waals surface area (Å²) in [7, 11) is 0. The lowest BCUT2D eigenvalue weighted by Gasteiger charge is -2.22. The fraction of sp³-hybridized carbons (Fsp3) is 0.333. The van der Waals surface area contributed by atoms with Crippen molar-refractivity contribution in [2.75, 3.05) is 13.1 Å². The second-order valence-corrected chi connectivity index (χ2v) is 6.98. The molecule has 1 aliphatic rings. The van der Waals surface area contributed by atoms with Gasteiger partial charge in [-0.25, -0.2) is 14.0 Å². The van der Waals surface area contributed by atoms with E-state index in [-0.39, 0.29) is 18.1 Å². The van der Waals surface area contributed by atoms with E-state index in [0.29, 0.717) is 12.5 Å². The van der Waals surface area contributed by atoms with Gasteiger partial charge < -0.3 is 5.32 Å². The molecule has 0 bridgehead atoms. The molecule has 0 saturated carbocycles. The predicted octanol–water partition coefficient (Wildman–Crippen LogP) is 3.28.